The van der Waals surface area contributed by atoms with Gasteiger partial charge in [0.1, 0.15) is 11.4 Å². The van der Waals surface area contributed by atoms with E-state index in [1.54, 1.807) is 18.1 Å². The molecule has 0 radical (unpaired) electrons. The first-order valence-corrected chi connectivity index (χ1v) is 8.47. The van der Waals surface area contributed by atoms with Crippen LogP contribution < -0.4 is 4.74 Å². The first-order chi connectivity index (χ1) is 11.7. The number of methoxy groups -OCH3 is 1. The highest BCUT2D eigenvalue weighted by Gasteiger charge is 2.28. The number of hydrogen-bond donors (Lipinski definition) is 0. The molecule has 1 saturated heterocycles. The van der Waals surface area contributed by atoms with Gasteiger partial charge in [-0.3, -0.25) is 4.79 Å². The van der Waals surface area contributed by atoms with Gasteiger partial charge >= 0.3 is 6.09 Å². The van der Waals surface area contributed by atoms with Crippen LogP contribution in [-0.4, -0.2) is 55.3 Å². The number of carbonyl (C=O) groups is 2. The Kier molecular flexibility index (Phi) is 6.06. The summed E-state index contributed by atoms with van der Waals surface area (Å²) in [6.07, 6.45) is 0.165. The van der Waals surface area contributed by atoms with Crippen LogP contribution in [0, 0.1) is 0 Å². The molecule has 1 amide bonds. The monoisotopic (exact) mass is 349 g/mol. The van der Waals surface area contributed by atoms with E-state index in [4.69, 9.17) is 14.2 Å². The summed E-state index contributed by atoms with van der Waals surface area (Å²) in [5.74, 6) is 0.523. The third kappa shape index (κ3) is 5.46. The van der Waals surface area contributed by atoms with Crippen LogP contribution in [0.2, 0.25) is 0 Å². The van der Waals surface area contributed by atoms with E-state index in [1.165, 1.54) is 6.92 Å². The smallest absolute Gasteiger partial charge is 0.410 e. The number of morpholine rings is 1. The zero-order valence-electron chi connectivity index (χ0n) is 15.6. The number of nitrogens with zero attached hydrogens (tertiary/aromatic N) is 1. The van der Waals surface area contributed by atoms with Crippen molar-refractivity contribution < 1.29 is 23.8 Å². The molecule has 6 heteroatoms. The quantitative estimate of drug-likeness (QED) is 0.782. The maximum atomic E-state index is 12.2. The highest BCUT2D eigenvalue weighted by Crippen LogP contribution is 2.22. The molecule has 2 rings (SSSR count). The van der Waals surface area contributed by atoms with Gasteiger partial charge in [0.15, 0.2) is 5.78 Å². The van der Waals surface area contributed by atoms with E-state index in [-0.39, 0.29) is 18.0 Å². The molecule has 0 aromatic heterocycles. The van der Waals surface area contributed by atoms with Gasteiger partial charge in [-0.1, -0.05) is 6.07 Å². The third-order valence-electron chi connectivity index (χ3n) is 3.90. The number of ketones is 1. The fourth-order valence-electron chi connectivity index (χ4n) is 2.76. The number of Topliss-reactive ketones (excluding diaryl/α,β-unsaturated/α-hetero) is 1. The molecule has 1 aliphatic heterocycles. The molecule has 0 bridgehead atoms. The van der Waals surface area contributed by atoms with Crippen molar-refractivity contribution in [2.75, 3.05) is 26.8 Å². The molecule has 1 heterocycles. The highest BCUT2D eigenvalue weighted by molar-refractivity contribution is 5.97. The predicted molar refractivity (Wildman–Crippen MR) is 94.2 cm³/mol. The first-order valence-electron chi connectivity index (χ1n) is 8.47. The molecule has 6 nitrogen and oxygen atoms in total. The minimum absolute atomic E-state index is 0.0429. The molecule has 1 aromatic carbocycles. The molecular formula is C19H27NO5. The lowest BCUT2D eigenvalue weighted by molar-refractivity contribution is -0.0415. The Labute approximate surface area is 149 Å². The second-order valence-electron chi connectivity index (χ2n) is 7.21. The zero-order chi connectivity index (χ0) is 18.6. The lowest BCUT2D eigenvalue weighted by Crippen LogP contribution is -2.48. The van der Waals surface area contributed by atoms with Gasteiger partial charge in [-0.25, -0.2) is 4.79 Å². The largest absolute Gasteiger partial charge is 0.496 e. The van der Waals surface area contributed by atoms with Gasteiger partial charge in [0, 0.05) is 13.0 Å². The molecule has 0 saturated carbocycles. The molecular weight excluding hydrogens is 322 g/mol. The average molecular weight is 349 g/mol. The summed E-state index contributed by atoms with van der Waals surface area (Å²) < 4.78 is 16.4. The molecule has 1 atom stereocenters. The molecule has 25 heavy (non-hydrogen) atoms. The Morgan fingerprint density at radius 1 is 1.32 bits per heavy atom. The second-order valence-corrected chi connectivity index (χ2v) is 7.21. The predicted octanol–water partition coefficient (Wildman–Crippen LogP) is 3.08. The van der Waals surface area contributed by atoms with Crippen molar-refractivity contribution in [3.05, 3.63) is 29.3 Å². The summed E-state index contributed by atoms with van der Waals surface area (Å²) in [6.45, 7) is 8.53. The van der Waals surface area contributed by atoms with E-state index < -0.39 is 5.60 Å². The number of carbonyl (C=O) groups excluding carboxylic acids is 2. The molecule has 0 N–H and O–H groups in total. The number of rotatable bonds is 4. The zero-order valence-corrected chi connectivity index (χ0v) is 15.6. The third-order valence-corrected chi connectivity index (χ3v) is 3.90. The maximum Gasteiger partial charge on any atom is 0.410 e. The van der Waals surface area contributed by atoms with Crippen LogP contribution in [0.3, 0.4) is 0 Å². The van der Waals surface area contributed by atoms with E-state index in [1.807, 2.05) is 32.9 Å². The van der Waals surface area contributed by atoms with Gasteiger partial charge in [0.2, 0.25) is 0 Å². The summed E-state index contributed by atoms with van der Waals surface area (Å²) in [6, 6.07) is 5.54. The van der Waals surface area contributed by atoms with E-state index in [0.717, 1.165) is 5.56 Å². The summed E-state index contributed by atoms with van der Waals surface area (Å²) >= 11 is 0. The Morgan fingerprint density at radius 3 is 2.64 bits per heavy atom. The molecule has 1 aliphatic rings. The van der Waals surface area contributed by atoms with Crippen molar-refractivity contribution in [3.63, 3.8) is 0 Å². The molecule has 138 valence electrons. The van der Waals surface area contributed by atoms with Crippen LogP contribution in [0.5, 0.6) is 5.75 Å². The molecule has 1 aromatic rings. The summed E-state index contributed by atoms with van der Waals surface area (Å²) in [7, 11) is 1.55. The summed E-state index contributed by atoms with van der Waals surface area (Å²) in [5.41, 5.74) is 1.01. The standard InChI is InChI=1S/C19H27NO5/c1-13(21)16-11-14(6-7-17(16)23-5)10-15-12-20(8-9-24-15)18(22)25-19(2,3)4/h6-7,11,15H,8-10,12H2,1-5H3. The highest BCUT2D eigenvalue weighted by atomic mass is 16.6. The normalized spacial score (nSPS) is 18.0. The van der Waals surface area contributed by atoms with Gasteiger partial charge in [0.05, 0.1) is 31.9 Å². The Bertz CT molecular complexity index is 635. The number of ether oxygens (including phenoxy) is 3. The van der Waals surface area contributed by atoms with Gasteiger partial charge in [0.25, 0.3) is 0 Å². The van der Waals surface area contributed by atoms with Gasteiger partial charge < -0.3 is 19.1 Å². The minimum Gasteiger partial charge on any atom is -0.496 e. The number of hydrogen-bond acceptors (Lipinski definition) is 5. The maximum absolute atomic E-state index is 12.2. The van der Waals surface area contributed by atoms with Crippen molar-refractivity contribution in [1.82, 2.24) is 4.90 Å². The first kappa shape index (κ1) is 19.2. The van der Waals surface area contributed by atoms with Crippen LogP contribution in [0.1, 0.15) is 43.6 Å². The number of benzene rings is 1. The molecule has 0 spiro atoms. The molecule has 0 aliphatic carbocycles. The minimum atomic E-state index is -0.517. The van der Waals surface area contributed by atoms with Gasteiger partial charge in [-0.05, 0) is 45.4 Å². The Morgan fingerprint density at radius 2 is 2.04 bits per heavy atom. The summed E-state index contributed by atoms with van der Waals surface area (Å²) in [5, 5.41) is 0. The van der Waals surface area contributed by atoms with E-state index in [0.29, 0.717) is 37.4 Å². The van der Waals surface area contributed by atoms with E-state index in [9.17, 15) is 9.59 Å². The second kappa shape index (κ2) is 7.87. The Balaban J connectivity index is 2.04. The average Bonchev–Trinajstić information content (AvgIpc) is 2.53. The fraction of sp³-hybridized carbons (Fsp3) is 0.579. The fourth-order valence-corrected chi connectivity index (χ4v) is 2.76. The van der Waals surface area contributed by atoms with Crippen LogP contribution in [0.15, 0.2) is 18.2 Å². The SMILES string of the molecule is COc1ccc(CC2CN(C(=O)OC(C)(C)C)CCO2)cc1C(C)=O. The van der Waals surface area contributed by atoms with E-state index >= 15 is 0 Å². The van der Waals surface area contributed by atoms with Crippen molar-refractivity contribution in [2.45, 2.75) is 45.8 Å². The van der Waals surface area contributed by atoms with Crippen molar-refractivity contribution in [3.8, 4) is 5.75 Å². The van der Waals surface area contributed by atoms with Crippen molar-refractivity contribution >= 4 is 11.9 Å². The number of amides is 1. The van der Waals surface area contributed by atoms with Crippen LogP contribution in [-0.2, 0) is 15.9 Å². The van der Waals surface area contributed by atoms with Crippen molar-refractivity contribution in [2.24, 2.45) is 0 Å². The lowest BCUT2D eigenvalue weighted by atomic mass is 10.0. The van der Waals surface area contributed by atoms with Crippen molar-refractivity contribution in [1.29, 1.82) is 0 Å². The topological polar surface area (TPSA) is 65.1 Å². The van der Waals surface area contributed by atoms with Crippen LogP contribution in [0.25, 0.3) is 0 Å². The Hall–Kier alpha value is -2.08. The van der Waals surface area contributed by atoms with Crippen LogP contribution in [0.4, 0.5) is 4.79 Å². The lowest BCUT2D eigenvalue weighted by Gasteiger charge is -2.34. The molecule has 1 unspecified atom stereocenters. The van der Waals surface area contributed by atoms with Gasteiger partial charge in [-0.15, -0.1) is 0 Å². The van der Waals surface area contributed by atoms with E-state index in [2.05, 4.69) is 0 Å². The van der Waals surface area contributed by atoms with Crippen LogP contribution >= 0.6 is 0 Å². The molecule has 1 fully saturated rings. The summed E-state index contributed by atoms with van der Waals surface area (Å²) in [4.78, 5) is 25.7. The van der Waals surface area contributed by atoms with Gasteiger partial charge in [-0.2, -0.15) is 0 Å².